The fourth-order valence-electron chi connectivity index (χ4n) is 8.22. The maximum atomic E-state index is 11.3. The minimum absolute atomic E-state index is 0.897. The molecule has 1 heterocycles. The van der Waals surface area contributed by atoms with E-state index in [0.717, 1.165) is 72.6 Å². The molecule has 0 N–H and O–H groups in total. The molecule has 0 aliphatic carbocycles. The second-order valence-corrected chi connectivity index (χ2v) is 20.0. The van der Waals surface area contributed by atoms with Gasteiger partial charge in [-0.15, -0.1) is 0 Å². The predicted molar refractivity (Wildman–Crippen MR) is 260 cm³/mol. The van der Waals surface area contributed by atoms with Crippen molar-refractivity contribution < 1.29 is 22.7 Å². The van der Waals surface area contributed by atoms with E-state index < -0.39 is 0 Å². The van der Waals surface area contributed by atoms with Crippen molar-refractivity contribution in [1.82, 2.24) is 0 Å². The molecule has 0 saturated carbocycles. The second kappa shape index (κ2) is 37.9. The molecule has 0 aromatic heterocycles. The maximum absolute atomic E-state index is 11.3. The van der Waals surface area contributed by atoms with Crippen LogP contribution in [-0.4, -0.2) is 4.70 Å². The van der Waals surface area contributed by atoms with Crippen LogP contribution >= 0.6 is 0 Å². The molecule has 2 aromatic rings. The van der Waals surface area contributed by atoms with Crippen molar-refractivity contribution in [3.8, 4) is 0 Å². The molecule has 1 aliphatic heterocycles. The summed E-state index contributed by atoms with van der Waals surface area (Å²) in [7, 11) is 0. The molecule has 3 heteroatoms. The average Bonchev–Trinajstić information content (AvgIpc) is 3.59. The van der Waals surface area contributed by atoms with Gasteiger partial charge in [0.15, 0.2) is 0 Å². The van der Waals surface area contributed by atoms with Crippen LogP contribution < -0.4 is 0 Å². The molecule has 2 aromatic carbocycles. The van der Waals surface area contributed by atoms with Crippen LogP contribution in [0.1, 0.15) is 256 Å². The van der Waals surface area contributed by atoms with E-state index in [1.54, 1.807) is 9.79 Å². The van der Waals surface area contributed by atoms with Crippen LogP contribution in [0.4, 0.5) is 0 Å². The molecule has 0 atom stereocenters. The van der Waals surface area contributed by atoms with Crippen LogP contribution in [0.3, 0.4) is 0 Å². The fourth-order valence-corrected chi connectivity index (χ4v) is 10.2. The summed E-state index contributed by atoms with van der Waals surface area (Å²) in [5.41, 5.74) is 19.3. The number of unbranched alkanes of at least 4 members (excludes halogenated alkanes) is 25. The van der Waals surface area contributed by atoms with Gasteiger partial charge >= 0.3 is 169 Å². The smallest absolute Gasteiger partial charge is 0.0654 e. The van der Waals surface area contributed by atoms with Crippen molar-refractivity contribution in [2.75, 3.05) is 0 Å². The Morgan fingerprint density at radius 3 is 1.19 bits per heavy atom. The summed E-state index contributed by atoms with van der Waals surface area (Å²) >= 11 is 1.06. The second-order valence-electron chi connectivity index (χ2n) is 17.7. The minimum Gasteiger partial charge on any atom is -0.0654 e. The Kier molecular flexibility index (Phi) is 34.3. The molecule has 338 valence electrons. The van der Waals surface area contributed by atoms with Gasteiger partial charge in [0.05, 0.1) is 0 Å². The first-order valence-electron chi connectivity index (χ1n) is 25.7. The topological polar surface area (TPSA) is 25.3 Å². The number of hydrogen-bond donors (Lipinski definition) is 0. The first-order valence-corrected chi connectivity index (χ1v) is 27.9. The van der Waals surface area contributed by atoms with Crippen molar-refractivity contribution in [3.63, 3.8) is 0 Å². The minimum atomic E-state index is 0.897. The van der Waals surface area contributed by atoms with Crippen molar-refractivity contribution in [1.29, 1.82) is 0 Å². The number of allylic oxidation sites excluding steroid dienone is 2. The van der Waals surface area contributed by atoms with Gasteiger partial charge in [0.25, 0.3) is 0 Å². The van der Waals surface area contributed by atoms with Gasteiger partial charge in [-0.1, -0.05) is 91.0 Å². The van der Waals surface area contributed by atoms with Gasteiger partial charge < -0.3 is 5.53 Å². The molecule has 0 bridgehead atoms. The molecule has 0 saturated heterocycles. The monoisotopic (exact) mass is 901 g/mol. The summed E-state index contributed by atoms with van der Waals surface area (Å²) in [6.07, 6.45) is 48.0. The van der Waals surface area contributed by atoms with Gasteiger partial charge in [-0.05, 0) is 73.9 Å². The van der Waals surface area contributed by atoms with E-state index in [4.69, 9.17) is 0 Å². The Balaban J connectivity index is 0.000000407. The van der Waals surface area contributed by atoms with Gasteiger partial charge in [0.2, 0.25) is 11.4 Å². The van der Waals surface area contributed by atoms with E-state index in [1.807, 2.05) is 0 Å². The summed E-state index contributed by atoms with van der Waals surface area (Å²) in [5, 5.41) is 0. The zero-order valence-electron chi connectivity index (χ0n) is 39.7. The van der Waals surface area contributed by atoms with Crippen molar-refractivity contribution in [2.45, 2.75) is 256 Å². The van der Waals surface area contributed by atoms with Gasteiger partial charge in [0, 0.05) is 22.8 Å². The molecule has 0 fully saturated rings. The molecule has 3 rings (SSSR count). The van der Waals surface area contributed by atoms with Gasteiger partial charge in [-0.3, -0.25) is 0 Å². The SMILES string of the molecule is CCCCC1=C(c2cccc(CCCC)c2)[N+](=[N-])C(c2cccc(CCCC)c2)=C1.CCCCCCCCCCCCC[CH2][Pd][CH2]CCCCCCCCCCCCC. The number of hydrogen-bond acceptors (Lipinski definition) is 0. The van der Waals surface area contributed by atoms with E-state index >= 15 is 0 Å². The van der Waals surface area contributed by atoms with E-state index in [0.29, 0.717) is 0 Å². The van der Waals surface area contributed by atoms with Gasteiger partial charge in [-0.25, -0.2) is 4.70 Å². The average molecular weight is 902 g/mol. The third-order valence-corrected chi connectivity index (χ3v) is 14.3. The molecular weight excluding hydrogens is 807 g/mol. The first kappa shape index (κ1) is 53.3. The Bertz CT molecular complexity index is 1350. The number of aryl methyl sites for hydroxylation is 2. The van der Waals surface area contributed by atoms with Gasteiger partial charge in [-0.2, -0.15) is 0 Å². The normalized spacial score (nSPS) is 12.7. The van der Waals surface area contributed by atoms with E-state index in [-0.39, 0.29) is 0 Å². The van der Waals surface area contributed by atoms with E-state index in [2.05, 4.69) is 89.2 Å². The molecular formula is C56H94N2Pd. The number of rotatable bonds is 37. The van der Waals surface area contributed by atoms with Crippen LogP contribution in [0.2, 0.25) is 9.79 Å². The quantitative estimate of drug-likeness (QED) is 0.0367. The van der Waals surface area contributed by atoms with E-state index in [9.17, 15) is 5.53 Å². The van der Waals surface area contributed by atoms with Crippen LogP contribution in [0.25, 0.3) is 16.9 Å². The third-order valence-electron chi connectivity index (χ3n) is 12.1. The Morgan fingerprint density at radius 1 is 0.407 bits per heavy atom. The number of nitrogens with zero attached hydrogens (tertiary/aromatic N) is 2. The van der Waals surface area contributed by atoms with Crippen molar-refractivity contribution in [3.05, 3.63) is 88.0 Å². The summed E-state index contributed by atoms with van der Waals surface area (Å²) in [5.74, 6) is 0. The Morgan fingerprint density at radius 2 is 0.763 bits per heavy atom. The molecule has 0 amide bonds. The summed E-state index contributed by atoms with van der Waals surface area (Å²) in [4.78, 5) is 3.09. The van der Waals surface area contributed by atoms with Gasteiger partial charge in [0.1, 0.15) is 0 Å². The summed E-state index contributed by atoms with van der Waals surface area (Å²) in [6, 6.07) is 17.4. The van der Waals surface area contributed by atoms with Crippen LogP contribution in [-0.2, 0) is 30.8 Å². The van der Waals surface area contributed by atoms with E-state index in [1.165, 1.54) is 201 Å². The molecule has 0 radical (unpaired) electrons. The molecule has 2 nitrogen and oxygen atoms in total. The standard InChI is InChI=1S/C28H36N2.2C14H29.Pd/c1-4-7-12-22-14-10-17-24(19-22)27-21-26(16-9-6-3)28(30(27)29)25-18-11-15-23(20-25)13-8-5-2;2*1-3-5-7-9-11-13-14-12-10-8-6-4-2;/h10-11,14-15,17-21H,4-9,12-13,16H2,1-3H3;2*1,3-14H2,2H3;. The first-order chi connectivity index (χ1) is 29.1. The predicted octanol–water partition coefficient (Wildman–Crippen LogP) is 19.7. The Hall–Kier alpha value is -1.82. The van der Waals surface area contributed by atoms with Crippen LogP contribution in [0.15, 0.2) is 60.2 Å². The van der Waals surface area contributed by atoms with Crippen molar-refractivity contribution >= 4 is 11.4 Å². The Labute approximate surface area is 376 Å². The molecule has 0 spiro atoms. The fraction of sp³-hybridized carbons (Fsp3) is 0.714. The zero-order valence-corrected chi connectivity index (χ0v) is 41.2. The molecule has 1 aliphatic rings. The number of benzene rings is 2. The zero-order chi connectivity index (χ0) is 42.4. The van der Waals surface area contributed by atoms with Crippen molar-refractivity contribution in [2.24, 2.45) is 0 Å². The molecule has 0 unspecified atom stereocenters. The van der Waals surface area contributed by atoms with Crippen LogP contribution in [0.5, 0.6) is 0 Å². The van der Waals surface area contributed by atoms with Crippen LogP contribution in [0, 0.1) is 0 Å². The molecule has 59 heavy (non-hydrogen) atoms. The third kappa shape index (κ3) is 25.7. The summed E-state index contributed by atoms with van der Waals surface area (Å²) < 4.78 is 1.43. The summed E-state index contributed by atoms with van der Waals surface area (Å²) in [6.45, 7) is 11.3.